The molecular weight excluding hydrogens is 182 g/mol. The predicted octanol–water partition coefficient (Wildman–Crippen LogP) is 0.654. The van der Waals surface area contributed by atoms with Crippen molar-refractivity contribution >= 4 is 11.9 Å². The van der Waals surface area contributed by atoms with Gasteiger partial charge in [-0.25, -0.2) is 4.79 Å². The highest BCUT2D eigenvalue weighted by atomic mass is 16.2. The fourth-order valence-corrected chi connectivity index (χ4v) is 0. The molecule has 0 radical (unpaired) electrons. The van der Waals surface area contributed by atoms with E-state index in [-0.39, 0.29) is 0 Å². The average molecular weight is 201 g/mol. The third kappa shape index (κ3) is 83.8. The lowest BCUT2D eigenvalue weighted by molar-refractivity contribution is -0.114. The molecule has 0 fully saturated rings. The van der Waals surface area contributed by atoms with Crippen LogP contribution in [0.2, 0.25) is 0 Å². The van der Waals surface area contributed by atoms with Crippen LogP contribution in [0.1, 0.15) is 20.3 Å². The summed E-state index contributed by atoms with van der Waals surface area (Å²) in [6.07, 6.45) is 2.96. The van der Waals surface area contributed by atoms with Crippen molar-refractivity contribution in [2.24, 2.45) is 17.2 Å². The maximum Gasteiger partial charge on any atom is 0.309 e. The van der Waals surface area contributed by atoms with E-state index >= 15 is 0 Å². The molecule has 14 heavy (non-hydrogen) atoms. The molecule has 0 aromatic heterocycles. The first-order valence-corrected chi connectivity index (χ1v) is 3.90. The highest BCUT2D eigenvalue weighted by Crippen LogP contribution is 1.78. The van der Waals surface area contributed by atoms with Gasteiger partial charge in [0.1, 0.15) is 0 Å². The quantitative estimate of drug-likeness (QED) is 0.450. The van der Waals surface area contributed by atoms with Crippen molar-refractivity contribution in [1.82, 2.24) is 0 Å². The molecule has 0 spiro atoms. The van der Waals surface area contributed by atoms with Gasteiger partial charge in [-0.2, -0.15) is 0 Å². The SMILES string of the molecule is C=C(C)C(N)=O.C=CCC.NC(N)=O. The molecule has 0 aromatic rings. The molecule has 0 aliphatic heterocycles. The number of allylic oxidation sites excluding steroid dienone is 1. The molecule has 0 saturated carbocycles. The molecule has 82 valence electrons. The lowest BCUT2D eigenvalue weighted by Gasteiger charge is -1.81. The second-order valence-electron chi connectivity index (χ2n) is 2.24. The van der Waals surface area contributed by atoms with Gasteiger partial charge in [-0.3, -0.25) is 4.79 Å². The van der Waals surface area contributed by atoms with Crippen LogP contribution >= 0.6 is 0 Å². The van der Waals surface area contributed by atoms with Gasteiger partial charge in [-0.15, -0.1) is 6.58 Å². The Morgan fingerprint density at radius 3 is 1.43 bits per heavy atom. The van der Waals surface area contributed by atoms with E-state index in [2.05, 4.69) is 31.5 Å². The summed E-state index contributed by atoms with van der Waals surface area (Å²) >= 11 is 0. The van der Waals surface area contributed by atoms with Gasteiger partial charge in [0, 0.05) is 5.57 Å². The minimum Gasteiger partial charge on any atom is -0.366 e. The number of primary amides is 3. The van der Waals surface area contributed by atoms with E-state index in [0.29, 0.717) is 5.57 Å². The molecule has 0 unspecified atom stereocenters. The van der Waals surface area contributed by atoms with Crippen LogP contribution in [0.15, 0.2) is 24.8 Å². The second-order valence-corrected chi connectivity index (χ2v) is 2.24. The van der Waals surface area contributed by atoms with E-state index < -0.39 is 11.9 Å². The van der Waals surface area contributed by atoms with Gasteiger partial charge in [0.2, 0.25) is 5.91 Å². The summed E-state index contributed by atoms with van der Waals surface area (Å²) in [5, 5.41) is 0. The van der Waals surface area contributed by atoms with Gasteiger partial charge in [0.15, 0.2) is 0 Å². The summed E-state index contributed by atoms with van der Waals surface area (Å²) in [5.74, 6) is -0.435. The highest BCUT2D eigenvalue weighted by Gasteiger charge is 1.86. The Balaban J connectivity index is -0.000000135. The average Bonchev–Trinajstić information content (AvgIpc) is 2.03. The van der Waals surface area contributed by atoms with E-state index in [4.69, 9.17) is 10.5 Å². The molecule has 0 aliphatic carbocycles. The number of carbonyl (C=O) groups excluding carboxylic acids is 2. The van der Waals surface area contributed by atoms with E-state index in [1.807, 2.05) is 6.08 Å². The number of rotatable bonds is 2. The molecule has 0 saturated heterocycles. The molecule has 0 heterocycles. The first kappa shape index (κ1) is 18.1. The smallest absolute Gasteiger partial charge is 0.309 e. The monoisotopic (exact) mass is 201 g/mol. The molecule has 6 N–H and O–H groups in total. The van der Waals surface area contributed by atoms with Crippen molar-refractivity contribution in [2.45, 2.75) is 20.3 Å². The Morgan fingerprint density at radius 1 is 1.29 bits per heavy atom. The first-order chi connectivity index (χ1) is 6.29. The van der Waals surface area contributed by atoms with Gasteiger partial charge in [0.25, 0.3) is 0 Å². The highest BCUT2D eigenvalue weighted by molar-refractivity contribution is 5.90. The maximum atomic E-state index is 9.82. The van der Waals surface area contributed by atoms with Crippen molar-refractivity contribution in [3.63, 3.8) is 0 Å². The minimum absolute atomic E-state index is 0.398. The zero-order chi connectivity index (χ0) is 12.1. The summed E-state index contributed by atoms with van der Waals surface area (Å²) in [7, 11) is 0. The number of hydrogen-bond acceptors (Lipinski definition) is 2. The zero-order valence-corrected chi connectivity index (χ0v) is 8.75. The van der Waals surface area contributed by atoms with Crippen LogP contribution in [0.3, 0.4) is 0 Å². The lowest BCUT2D eigenvalue weighted by Crippen LogP contribution is -2.18. The van der Waals surface area contributed by atoms with E-state index in [9.17, 15) is 4.79 Å². The Morgan fingerprint density at radius 2 is 1.43 bits per heavy atom. The van der Waals surface area contributed by atoms with Gasteiger partial charge in [-0.05, 0) is 13.3 Å². The molecule has 0 aliphatic rings. The largest absolute Gasteiger partial charge is 0.366 e. The summed E-state index contributed by atoms with van der Waals surface area (Å²) in [6.45, 7) is 10.4. The van der Waals surface area contributed by atoms with Gasteiger partial charge < -0.3 is 17.2 Å². The third-order valence-corrected chi connectivity index (χ3v) is 0.709. The van der Waals surface area contributed by atoms with Crippen LogP contribution in [0, 0.1) is 0 Å². The molecule has 3 amide bonds. The third-order valence-electron chi connectivity index (χ3n) is 0.709. The van der Waals surface area contributed by atoms with Crippen LogP contribution in [0.5, 0.6) is 0 Å². The standard InChI is InChI=1S/C4H7NO.C4H8.CH4N2O/c1-3(2)4(5)6;1-3-4-2;2-1(3)4/h1H2,2H3,(H2,5,6);3H,1,4H2,2H3;(H4,2,3,4). The van der Waals surface area contributed by atoms with E-state index in [1.165, 1.54) is 0 Å². The summed E-state index contributed by atoms with van der Waals surface area (Å²) in [6, 6.07) is -0.833. The van der Waals surface area contributed by atoms with Crippen LogP contribution < -0.4 is 17.2 Å². The van der Waals surface area contributed by atoms with Gasteiger partial charge in [0.05, 0.1) is 0 Å². The van der Waals surface area contributed by atoms with Gasteiger partial charge >= 0.3 is 6.03 Å². The van der Waals surface area contributed by atoms with Crippen molar-refractivity contribution in [2.75, 3.05) is 0 Å². The molecule has 0 aromatic carbocycles. The Labute approximate surface area is 84.6 Å². The fraction of sp³-hybridized carbons (Fsp3) is 0.333. The molecular formula is C9H19N3O2. The van der Waals surface area contributed by atoms with Crippen LogP contribution in [-0.2, 0) is 4.79 Å². The fourth-order valence-electron chi connectivity index (χ4n) is 0. The number of hydrogen-bond donors (Lipinski definition) is 3. The lowest BCUT2D eigenvalue weighted by atomic mass is 10.3. The molecule has 5 heteroatoms. The molecule has 0 rings (SSSR count). The Bertz CT molecular complexity index is 184. The molecule has 5 nitrogen and oxygen atoms in total. The predicted molar refractivity (Wildman–Crippen MR) is 58.3 cm³/mol. The van der Waals surface area contributed by atoms with Crippen molar-refractivity contribution in [3.8, 4) is 0 Å². The topological polar surface area (TPSA) is 112 Å². The van der Waals surface area contributed by atoms with Crippen molar-refractivity contribution in [3.05, 3.63) is 24.8 Å². The van der Waals surface area contributed by atoms with Crippen molar-refractivity contribution < 1.29 is 9.59 Å². The minimum atomic E-state index is -0.833. The summed E-state index contributed by atoms with van der Waals surface area (Å²) in [4.78, 5) is 18.8. The maximum absolute atomic E-state index is 9.82. The van der Waals surface area contributed by atoms with Gasteiger partial charge in [-0.1, -0.05) is 19.6 Å². The van der Waals surface area contributed by atoms with E-state index in [0.717, 1.165) is 6.42 Å². The Hall–Kier alpha value is -1.78. The van der Waals surface area contributed by atoms with E-state index in [1.54, 1.807) is 6.92 Å². The first-order valence-electron chi connectivity index (χ1n) is 3.90. The summed E-state index contributed by atoms with van der Waals surface area (Å²) in [5.41, 5.74) is 13.6. The molecule has 0 atom stereocenters. The molecule has 0 bridgehead atoms. The number of carbonyl (C=O) groups is 2. The summed E-state index contributed by atoms with van der Waals surface area (Å²) < 4.78 is 0. The Kier molecular flexibility index (Phi) is 17.8. The van der Waals surface area contributed by atoms with Crippen LogP contribution in [-0.4, -0.2) is 11.9 Å². The zero-order valence-electron chi connectivity index (χ0n) is 8.75. The van der Waals surface area contributed by atoms with Crippen LogP contribution in [0.4, 0.5) is 4.79 Å². The number of amides is 3. The second kappa shape index (κ2) is 13.8. The number of nitrogens with two attached hydrogens (primary N) is 3. The van der Waals surface area contributed by atoms with Crippen LogP contribution in [0.25, 0.3) is 0 Å². The van der Waals surface area contributed by atoms with Crippen molar-refractivity contribution in [1.29, 1.82) is 0 Å². The normalized spacial score (nSPS) is 6.71. The number of urea groups is 1.